The second-order valence-electron chi connectivity index (χ2n) is 8.31. The fraction of sp³-hybridized carbons (Fsp3) is 0.435. The molecule has 0 radical (unpaired) electrons. The van der Waals surface area contributed by atoms with Crippen LogP contribution in [0.15, 0.2) is 48.5 Å². The molecule has 0 unspecified atom stereocenters. The van der Waals surface area contributed by atoms with Crippen LogP contribution in [0.1, 0.15) is 49.1 Å². The number of nitrogens with one attached hydrogen (secondary N) is 2. The largest absolute Gasteiger partial charge is 0.465 e. The Morgan fingerprint density at radius 1 is 0.933 bits per heavy atom. The third kappa shape index (κ3) is 4.95. The summed E-state index contributed by atoms with van der Waals surface area (Å²) in [6, 6.07) is 14.1. The zero-order chi connectivity index (χ0) is 21.3. The van der Waals surface area contributed by atoms with E-state index >= 15 is 0 Å². The molecule has 4 nitrogen and oxygen atoms in total. The molecule has 160 valence electrons. The van der Waals surface area contributed by atoms with Gasteiger partial charge in [0.15, 0.2) is 0 Å². The minimum absolute atomic E-state index is 0.0546. The van der Waals surface area contributed by atoms with Crippen LogP contribution in [-0.2, 0) is 6.18 Å². The summed E-state index contributed by atoms with van der Waals surface area (Å²) in [7, 11) is 0. The molecule has 0 saturated heterocycles. The average molecular weight is 418 g/mol. The summed E-state index contributed by atoms with van der Waals surface area (Å²) in [6.45, 7) is 0. The fourth-order valence-corrected chi connectivity index (χ4v) is 4.43. The first-order valence-corrected chi connectivity index (χ1v) is 10.3. The molecule has 0 spiro atoms. The minimum atomic E-state index is -4.34. The predicted molar refractivity (Wildman–Crippen MR) is 108 cm³/mol. The van der Waals surface area contributed by atoms with Gasteiger partial charge in [-0.25, -0.2) is 4.79 Å². The van der Waals surface area contributed by atoms with Crippen molar-refractivity contribution in [2.24, 2.45) is 0 Å². The van der Waals surface area contributed by atoms with E-state index in [1.807, 2.05) is 24.3 Å². The first kappa shape index (κ1) is 20.7. The summed E-state index contributed by atoms with van der Waals surface area (Å²) in [5, 5.41) is 15.1. The summed E-state index contributed by atoms with van der Waals surface area (Å²) in [5.41, 5.74) is 1.90. The molecule has 2 aromatic carbocycles. The van der Waals surface area contributed by atoms with E-state index in [0.717, 1.165) is 43.7 Å². The van der Waals surface area contributed by atoms with Gasteiger partial charge in [-0.15, -0.1) is 0 Å². The fourth-order valence-electron chi connectivity index (χ4n) is 4.43. The van der Waals surface area contributed by atoms with Crippen molar-refractivity contribution in [3.63, 3.8) is 0 Å². The lowest BCUT2D eigenvalue weighted by molar-refractivity contribution is -0.137. The number of carboxylic acid groups (broad SMARTS) is 1. The number of hydrogen-bond acceptors (Lipinski definition) is 2. The zero-order valence-corrected chi connectivity index (χ0v) is 16.5. The van der Waals surface area contributed by atoms with Gasteiger partial charge in [-0.05, 0) is 60.9 Å². The highest BCUT2D eigenvalue weighted by atomic mass is 19.4. The zero-order valence-electron chi connectivity index (χ0n) is 16.5. The van der Waals surface area contributed by atoms with Gasteiger partial charge in [0.25, 0.3) is 0 Å². The molecule has 4 rings (SSSR count). The number of hydrogen-bond donors (Lipinski definition) is 3. The van der Waals surface area contributed by atoms with Crippen molar-refractivity contribution in [3.05, 3.63) is 59.7 Å². The molecule has 2 fully saturated rings. The van der Waals surface area contributed by atoms with Crippen molar-refractivity contribution in [2.75, 3.05) is 0 Å². The summed E-state index contributed by atoms with van der Waals surface area (Å²) in [4.78, 5) is 10.7. The lowest BCUT2D eigenvalue weighted by Crippen LogP contribution is -2.42. The molecule has 0 heterocycles. The van der Waals surface area contributed by atoms with Crippen LogP contribution in [0.25, 0.3) is 11.1 Å². The van der Waals surface area contributed by atoms with E-state index < -0.39 is 17.8 Å². The van der Waals surface area contributed by atoms with Gasteiger partial charge >= 0.3 is 12.3 Å². The van der Waals surface area contributed by atoms with Crippen LogP contribution >= 0.6 is 0 Å². The van der Waals surface area contributed by atoms with Gasteiger partial charge in [-0.2, -0.15) is 13.2 Å². The highest BCUT2D eigenvalue weighted by Gasteiger charge is 2.40. The first-order chi connectivity index (χ1) is 14.3. The highest BCUT2D eigenvalue weighted by molar-refractivity contribution is 5.65. The Balaban J connectivity index is 1.31. The van der Waals surface area contributed by atoms with Gasteiger partial charge < -0.3 is 15.7 Å². The smallest absolute Gasteiger partial charge is 0.416 e. The van der Waals surface area contributed by atoms with Gasteiger partial charge in [0, 0.05) is 24.0 Å². The van der Waals surface area contributed by atoms with E-state index in [1.165, 1.54) is 17.7 Å². The van der Waals surface area contributed by atoms with Crippen LogP contribution in [0.2, 0.25) is 0 Å². The third-order valence-electron chi connectivity index (χ3n) is 6.16. The van der Waals surface area contributed by atoms with Gasteiger partial charge in [-0.1, -0.05) is 36.4 Å². The van der Waals surface area contributed by atoms with E-state index in [-0.39, 0.29) is 6.04 Å². The second kappa shape index (κ2) is 8.30. The summed E-state index contributed by atoms with van der Waals surface area (Å²) in [5.74, 6) is 0.426. The maximum absolute atomic E-state index is 12.9. The quantitative estimate of drug-likeness (QED) is 0.610. The van der Waals surface area contributed by atoms with Gasteiger partial charge in [-0.3, -0.25) is 0 Å². The Bertz CT molecular complexity index is 890. The van der Waals surface area contributed by atoms with Gasteiger partial charge in [0.05, 0.1) is 5.56 Å². The average Bonchev–Trinajstić information content (AvgIpc) is 3.48. The lowest BCUT2D eigenvalue weighted by atomic mass is 9.91. The molecule has 0 aromatic heterocycles. The number of alkyl halides is 3. The van der Waals surface area contributed by atoms with Crippen molar-refractivity contribution in [2.45, 2.75) is 62.3 Å². The SMILES string of the molecule is O=C(O)N[C@H]1CC[C@H](N[C@@H]2C[C@H]2c2ccc(-c3cccc(C(F)(F)F)c3)cc2)CC1. The van der Waals surface area contributed by atoms with Crippen LogP contribution in [-0.4, -0.2) is 29.3 Å². The Kier molecular flexibility index (Phi) is 5.73. The maximum atomic E-state index is 12.9. The molecular weight excluding hydrogens is 393 g/mol. The van der Waals surface area contributed by atoms with E-state index in [9.17, 15) is 18.0 Å². The Labute approximate surface area is 173 Å². The number of benzene rings is 2. The number of amides is 1. The summed E-state index contributed by atoms with van der Waals surface area (Å²) in [6.07, 6.45) is -0.616. The second-order valence-corrected chi connectivity index (χ2v) is 8.31. The molecule has 0 bridgehead atoms. The van der Waals surface area contributed by atoms with Crippen LogP contribution in [0.5, 0.6) is 0 Å². The first-order valence-electron chi connectivity index (χ1n) is 10.3. The van der Waals surface area contributed by atoms with Gasteiger partial charge in [0.2, 0.25) is 0 Å². The summed E-state index contributed by atoms with van der Waals surface area (Å²) >= 11 is 0. The van der Waals surface area contributed by atoms with Crippen LogP contribution in [0.3, 0.4) is 0 Å². The topological polar surface area (TPSA) is 61.4 Å². The molecule has 2 aliphatic carbocycles. The monoisotopic (exact) mass is 418 g/mol. The Morgan fingerprint density at radius 3 is 2.23 bits per heavy atom. The van der Waals surface area contributed by atoms with Gasteiger partial charge in [0.1, 0.15) is 0 Å². The van der Waals surface area contributed by atoms with Crippen molar-refractivity contribution < 1.29 is 23.1 Å². The van der Waals surface area contributed by atoms with E-state index in [2.05, 4.69) is 10.6 Å². The van der Waals surface area contributed by atoms with E-state index in [1.54, 1.807) is 6.07 Å². The molecule has 2 aliphatic rings. The van der Waals surface area contributed by atoms with Crippen molar-refractivity contribution in [3.8, 4) is 11.1 Å². The molecular formula is C23H25F3N2O2. The van der Waals surface area contributed by atoms with E-state index in [0.29, 0.717) is 23.6 Å². The molecule has 2 saturated carbocycles. The molecule has 1 amide bonds. The van der Waals surface area contributed by atoms with E-state index in [4.69, 9.17) is 5.11 Å². The predicted octanol–water partition coefficient (Wildman–Crippen LogP) is 5.40. The number of halogens is 3. The molecule has 2 aromatic rings. The highest BCUT2D eigenvalue weighted by Crippen LogP contribution is 2.42. The number of rotatable bonds is 5. The van der Waals surface area contributed by atoms with Crippen LogP contribution in [0, 0.1) is 0 Å². The Morgan fingerprint density at radius 2 is 1.60 bits per heavy atom. The third-order valence-corrected chi connectivity index (χ3v) is 6.16. The molecule has 0 aliphatic heterocycles. The molecule has 3 N–H and O–H groups in total. The lowest BCUT2D eigenvalue weighted by Gasteiger charge is -2.29. The molecule has 7 heteroatoms. The number of carbonyl (C=O) groups is 1. The molecule has 30 heavy (non-hydrogen) atoms. The molecule has 2 atom stereocenters. The Hall–Kier alpha value is -2.54. The summed E-state index contributed by atoms with van der Waals surface area (Å²) < 4.78 is 38.8. The minimum Gasteiger partial charge on any atom is -0.465 e. The maximum Gasteiger partial charge on any atom is 0.416 e. The normalized spacial score (nSPS) is 26.2. The van der Waals surface area contributed by atoms with Crippen molar-refractivity contribution in [1.29, 1.82) is 0 Å². The van der Waals surface area contributed by atoms with Crippen molar-refractivity contribution >= 4 is 6.09 Å². The van der Waals surface area contributed by atoms with Crippen molar-refractivity contribution in [1.82, 2.24) is 10.6 Å². The van der Waals surface area contributed by atoms with Crippen LogP contribution in [0.4, 0.5) is 18.0 Å². The standard InChI is InChI=1S/C23H25F3N2O2/c24-23(25,26)17-3-1-2-16(12-17)14-4-6-15(7-5-14)20-13-21(20)27-18-8-10-19(11-9-18)28-22(29)30/h1-7,12,18-21,27-28H,8-11,13H2,(H,29,30)/t18-,19-,20-,21+/m0/s1. The van der Waals surface area contributed by atoms with Crippen LogP contribution < -0.4 is 10.6 Å².